The number of anilines is 1. The van der Waals surface area contributed by atoms with Gasteiger partial charge in [0.1, 0.15) is 10.8 Å². The number of para-hydroxylation sites is 1. The van der Waals surface area contributed by atoms with Gasteiger partial charge in [-0.05, 0) is 67.9 Å². The molecule has 0 radical (unpaired) electrons. The number of hydrogen-bond acceptors (Lipinski definition) is 6. The highest BCUT2D eigenvalue weighted by atomic mass is 32.2. The number of rotatable bonds is 7. The van der Waals surface area contributed by atoms with E-state index in [4.69, 9.17) is 4.74 Å². The quantitative estimate of drug-likeness (QED) is 0.378. The predicted molar refractivity (Wildman–Crippen MR) is 135 cm³/mol. The Morgan fingerprint density at radius 3 is 2.47 bits per heavy atom. The molecule has 4 rings (SSSR count). The summed E-state index contributed by atoms with van der Waals surface area (Å²) in [5, 5.41) is 0.818. The van der Waals surface area contributed by atoms with Crippen LogP contribution >= 0.6 is 11.3 Å². The largest absolute Gasteiger partial charge is 0.497 e. The second-order valence-electron chi connectivity index (χ2n) is 7.93. The van der Waals surface area contributed by atoms with Crippen LogP contribution in [0.1, 0.15) is 33.9 Å². The van der Waals surface area contributed by atoms with Crippen LogP contribution < -0.4 is 9.46 Å². The van der Waals surface area contributed by atoms with Gasteiger partial charge in [0.15, 0.2) is 0 Å². The molecule has 0 aliphatic rings. The van der Waals surface area contributed by atoms with Gasteiger partial charge < -0.3 is 9.64 Å². The summed E-state index contributed by atoms with van der Waals surface area (Å²) in [7, 11) is -0.668. The number of nitrogens with zero attached hydrogens (tertiary/aromatic N) is 2. The summed E-state index contributed by atoms with van der Waals surface area (Å²) in [5.41, 5.74) is 2.12. The molecule has 1 unspecified atom stereocenters. The van der Waals surface area contributed by atoms with Crippen LogP contribution in [-0.2, 0) is 10.0 Å². The predicted octanol–water partition coefficient (Wildman–Crippen LogP) is 5.25. The standard InChI is InChI=1S/C25H25N3O4S2/c1-16-9-10-18(15-23(16)34(30,31)27-19-11-13-20(32-4)14-12-19)25(29)28(3)17(2)24-26-21-7-5-6-8-22(21)33-24/h5-15,17,27H,1-4H3. The van der Waals surface area contributed by atoms with E-state index < -0.39 is 10.0 Å². The summed E-state index contributed by atoms with van der Waals surface area (Å²) >= 11 is 1.54. The summed E-state index contributed by atoms with van der Waals surface area (Å²) in [6.45, 7) is 3.61. The molecule has 3 aromatic carbocycles. The van der Waals surface area contributed by atoms with Crippen molar-refractivity contribution in [3.63, 3.8) is 0 Å². The highest BCUT2D eigenvalue weighted by Crippen LogP contribution is 2.30. The summed E-state index contributed by atoms with van der Waals surface area (Å²) in [6, 6.07) is 18.8. The van der Waals surface area contributed by atoms with E-state index in [9.17, 15) is 13.2 Å². The number of carbonyl (C=O) groups excluding carboxylic acids is 1. The van der Waals surface area contributed by atoms with Crippen LogP contribution in [0.4, 0.5) is 5.69 Å². The molecule has 1 heterocycles. The van der Waals surface area contributed by atoms with Crippen LogP contribution in [-0.4, -0.2) is 38.4 Å². The van der Waals surface area contributed by atoms with Crippen LogP contribution in [0.15, 0.2) is 71.6 Å². The normalized spacial score (nSPS) is 12.4. The van der Waals surface area contributed by atoms with E-state index in [0.717, 1.165) is 15.2 Å². The zero-order valence-electron chi connectivity index (χ0n) is 19.3. The average molecular weight is 496 g/mol. The maximum absolute atomic E-state index is 13.3. The van der Waals surface area contributed by atoms with Crippen molar-refractivity contribution in [1.29, 1.82) is 0 Å². The lowest BCUT2D eigenvalue weighted by Crippen LogP contribution is -2.30. The molecule has 1 N–H and O–H groups in total. The maximum atomic E-state index is 13.3. The topological polar surface area (TPSA) is 88.6 Å². The van der Waals surface area contributed by atoms with E-state index in [1.165, 1.54) is 6.07 Å². The van der Waals surface area contributed by atoms with Crippen molar-refractivity contribution in [1.82, 2.24) is 9.88 Å². The average Bonchev–Trinajstić information content (AvgIpc) is 3.27. The zero-order valence-corrected chi connectivity index (χ0v) is 20.9. The van der Waals surface area contributed by atoms with Gasteiger partial charge in [0.2, 0.25) is 0 Å². The number of sulfonamides is 1. The van der Waals surface area contributed by atoms with E-state index in [-0.39, 0.29) is 22.4 Å². The fraction of sp³-hybridized carbons (Fsp3) is 0.200. The monoisotopic (exact) mass is 495 g/mol. The molecule has 0 aliphatic heterocycles. The van der Waals surface area contributed by atoms with Gasteiger partial charge in [-0.3, -0.25) is 9.52 Å². The summed E-state index contributed by atoms with van der Waals surface area (Å²) in [5.74, 6) is 0.338. The van der Waals surface area contributed by atoms with Gasteiger partial charge in [-0.1, -0.05) is 18.2 Å². The van der Waals surface area contributed by atoms with Gasteiger partial charge in [0, 0.05) is 18.3 Å². The third-order valence-corrected chi connectivity index (χ3v) is 8.37. The second kappa shape index (κ2) is 9.44. The Hall–Kier alpha value is -3.43. The lowest BCUT2D eigenvalue weighted by Gasteiger charge is -2.23. The lowest BCUT2D eigenvalue weighted by atomic mass is 10.1. The third kappa shape index (κ3) is 4.76. The number of aryl methyl sites for hydroxylation is 1. The molecule has 0 fully saturated rings. The first kappa shape index (κ1) is 23.7. The number of methoxy groups -OCH3 is 1. The first-order chi connectivity index (χ1) is 16.2. The molecule has 0 bridgehead atoms. The number of thiazole rings is 1. The third-order valence-electron chi connectivity index (χ3n) is 5.64. The molecule has 9 heteroatoms. The fourth-order valence-corrected chi connectivity index (χ4v) is 5.90. The first-order valence-electron chi connectivity index (χ1n) is 10.6. The summed E-state index contributed by atoms with van der Waals surface area (Å²) in [6.07, 6.45) is 0. The molecule has 0 spiro atoms. The molecule has 1 amide bonds. The molecule has 176 valence electrons. The Labute approximate surface area is 203 Å². The Bertz CT molecular complexity index is 1410. The van der Waals surface area contributed by atoms with Crippen molar-refractivity contribution in [2.75, 3.05) is 18.9 Å². The lowest BCUT2D eigenvalue weighted by molar-refractivity contribution is 0.0742. The Morgan fingerprint density at radius 2 is 1.79 bits per heavy atom. The zero-order chi connectivity index (χ0) is 24.5. The van der Waals surface area contributed by atoms with Gasteiger partial charge in [0.05, 0.1) is 28.3 Å². The number of ether oxygens (including phenoxy) is 1. The Morgan fingerprint density at radius 1 is 1.09 bits per heavy atom. The fourth-order valence-electron chi connectivity index (χ4n) is 3.51. The highest BCUT2D eigenvalue weighted by molar-refractivity contribution is 7.92. The summed E-state index contributed by atoms with van der Waals surface area (Å²) in [4.78, 5) is 19.5. The van der Waals surface area contributed by atoms with Crippen molar-refractivity contribution in [3.05, 3.63) is 82.9 Å². The number of amides is 1. The van der Waals surface area contributed by atoms with Crippen molar-refractivity contribution in [2.45, 2.75) is 24.8 Å². The number of nitrogens with one attached hydrogen (secondary N) is 1. The van der Waals surface area contributed by atoms with E-state index in [2.05, 4.69) is 9.71 Å². The maximum Gasteiger partial charge on any atom is 0.262 e. The van der Waals surface area contributed by atoms with Crippen molar-refractivity contribution < 1.29 is 17.9 Å². The number of carbonyl (C=O) groups is 1. The number of fused-ring (bicyclic) bond motifs is 1. The van der Waals surface area contributed by atoms with Gasteiger partial charge in [-0.2, -0.15) is 0 Å². The Kier molecular flexibility index (Phi) is 6.58. The number of benzene rings is 3. The van der Waals surface area contributed by atoms with Crippen molar-refractivity contribution in [3.8, 4) is 5.75 Å². The van der Waals surface area contributed by atoms with Crippen LogP contribution in [0.3, 0.4) is 0 Å². The smallest absolute Gasteiger partial charge is 0.262 e. The number of aromatic nitrogens is 1. The molecular formula is C25H25N3O4S2. The van der Waals surface area contributed by atoms with Gasteiger partial charge in [0.25, 0.3) is 15.9 Å². The first-order valence-corrected chi connectivity index (χ1v) is 12.9. The van der Waals surface area contributed by atoms with E-state index in [1.54, 1.807) is 73.7 Å². The molecule has 0 saturated heterocycles. The van der Waals surface area contributed by atoms with Crippen LogP contribution in [0.5, 0.6) is 5.75 Å². The number of hydrogen-bond donors (Lipinski definition) is 1. The van der Waals surface area contributed by atoms with Crippen molar-refractivity contribution in [2.24, 2.45) is 0 Å². The van der Waals surface area contributed by atoms with E-state index >= 15 is 0 Å². The van der Waals surface area contributed by atoms with Crippen LogP contribution in [0.25, 0.3) is 10.2 Å². The van der Waals surface area contributed by atoms with Crippen LogP contribution in [0.2, 0.25) is 0 Å². The minimum Gasteiger partial charge on any atom is -0.497 e. The summed E-state index contributed by atoms with van der Waals surface area (Å²) < 4.78 is 34.9. The van der Waals surface area contributed by atoms with Crippen molar-refractivity contribution >= 4 is 43.2 Å². The van der Waals surface area contributed by atoms with E-state index in [0.29, 0.717) is 17.0 Å². The SMILES string of the molecule is COc1ccc(NS(=O)(=O)c2cc(C(=O)N(C)C(C)c3nc4ccccc4s3)ccc2C)cc1. The molecule has 7 nitrogen and oxygen atoms in total. The second-order valence-corrected chi connectivity index (χ2v) is 10.6. The molecule has 0 aliphatic carbocycles. The molecule has 1 atom stereocenters. The minimum absolute atomic E-state index is 0.0511. The molecule has 0 saturated carbocycles. The van der Waals surface area contributed by atoms with Gasteiger partial charge >= 0.3 is 0 Å². The molecule has 34 heavy (non-hydrogen) atoms. The highest BCUT2D eigenvalue weighted by Gasteiger charge is 2.24. The molecule has 4 aromatic rings. The molecular weight excluding hydrogens is 470 g/mol. The van der Waals surface area contributed by atoms with E-state index in [1.807, 2.05) is 31.2 Å². The minimum atomic E-state index is -3.91. The van der Waals surface area contributed by atoms with Gasteiger partial charge in [-0.25, -0.2) is 13.4 Å². The Balaban J connectivity index is 1.58. The molecule has 1 aromatic heterocycles. The van der Waals surface area contributed by atoms with Gasteiger partial charge in [-0.15, -0.1) is 11.3 Å². The van der Waals surface area contributed by atoms with Crippen LogP contribution in [0, 0.1) is 6.92 Å².